The molecule has 0 aliphatic rings. The number of halogens is 1. The molecule has 0 radical (unpaired) electrons. The standard InChI is InChI=1S/C11H12FNO4/c1-2-17-11(14)10(13(15)16)7-8-3-5-9(12)6-4-8/h3-6,10H,2,7H2,1H3/t10-/m1/s1. The van der Waals surface area contributed by atoms with E-state index < -0.39 is 22.8 Å². The number of rotatable bonds is 5. The average molecular weight is 241 g/mol. The summed E-state index contributed by atoms with van der Waals surface area (Å²) in [5.41, 5.74) is 0.515. The Balaban J connectivity index is 2.76. The fraction of sp³-hybridized carbons (Fsp3) is 0.364. The first-order valence-corrected chi connectivity index (χ1v) is 5.09. The van der Waals surface area contributed by atoms with Crippen LogP contribution in [0.25, 0.3) is 0 Å². The first-order chi connectivity index (χ1) is 8.04. The van der Waals surface area contributed by atoms with E-state index in [0.29, 0.717) is 5.56 Å². The molecule has 0 saturated carbocycles. The number of carbonyl (C=O) groups is 1. The minimum absolute atomic E-state index is 0.0899. The van der Waals surface area contributed by atoms with Gasteiger partial charge in [0.1, 0.15) is 5.82 Å². The van der Waals surface area contributed by atoms with Gasteiger partial charge in [-0.3, -0.25) is 10.1 Å². The summed E-state index contributed by atoms with van der Waals surface area (Å²) in [4.78, 5) is 21.3. The van der Waals surface area contributed by atoms with Gasteiger partial charge in [-0.15, -0.1) is 0 Å². The lowest BCUT2D eigenvalue weighted by atomic mass is 10.1. The molecule has 0 aliphatic carbocycles. The van der Waals surface area contributed by atoms with E-state index in [1.54, 1.807) is 6.92 Å². The molecule has 0 heterocycles. The summed E-state index contributed by atoms with van der Waals surface area (Å²) in [6.07, 6.45) is -0.105. The first-order valence-electron chi connectivity index (χ1n) is 5.09. The monoisotopic (exact) mass is 241 g/mol. The fourth-order valence-corrected chi connectivity index (χ4v) is 1.33. The van der Waals surface area contributed by atoms with E-state index in [4.69, 9.17) is 0 Å². The van der Waals surface area contributed by atoms with E-state index in [0.717, 1.165) is 0 Å². The lowest BCUT2D eigenvalue weighted by molar-refractivity contribution is -0.510. The summed E-state index contributed by atoms with van der Waals surface area (Å²) in [5, 5.41) is 10.7. The van der Waals surface area contributed by atoms with Gasteiger partial charge in [0.15, 0.2) is 0 Å². The van der Waals surface area contributed by atoms with Gasteiger partial charge in [0, 0.05) is 4.92 Å². The number of hydrogen-bond donors (Lipinski definition) is 0. The Labute approximate surface area is 97.3 Å². The summed E-state index contributed by atoms with van der Waals surface area (Å²) in [6, 6.07) is 3.76. The van der Waals surface area contributed by atoms with Gasteiger partial charge in [0.25, 0.3) is 0 Å². The maximum Gasteiger partial charge on any atom is 0.382 e. The third-order valence-electron chi connectivity index (χ3n) is 2.16. The Bertz CT molecular complexity index is 404. The molecule has 0 fully saturated rings. The zero-order valence-electron chi connectivity index (χ0n) is 9.26. The molecule has 1 aromatic rings. The Morgan fingerprint density at radius 1 is 1.47 bits per heavy atom. The first kappa shape index (κ1) is 13.1. The molecule has 1 atom stereocenters. The summed E-state index contributed by atoms with van der Waals surface area (Å²) in [7, 11) is 0. The highest BCUT2D eigenvalue weighted by molar-refractivity contribution is 5.74. The second-order valence-electron chi connectivity index (χ2n) is 3.38. The van der Waals surface area contributed by atoms with Crippen LogP contribution in [0.5, 0.6) is 0 Å². The quantitative estimate of drug-likeness (QED) is 0.446. The van der Waals surface area contributed by atoms with Crippen LogP contribution in [0.4, 0.5) is 4.39 Å². The minimum atomic E-state index is -1.44. The number of carbonyl (C=O) groups excluding carboxylic acids is 1. The molecular formula is C11H12FNO4. The molecule has 0 aromatic heterocycles. The Morgan fingerprint density at radius 2 is 2.06 bits per heavy atom. The third kappa shape index (κ3) is 3.82. The Kier molecular flexibility index (Phi) is 4.56. The molecule has 92 valence electrons. The molecule has 0 unspecified atom stereocenters. The molecule has 1 aromatic carbocycles. The van der Waals surface area contributed by atoms with Crippen molar-refractivity contribution in [2.75, 3.05) is 6.61 Å². The maximum atomic E-state index is 12.6. The molecule has 5 nitrogen and oxygen atoms in total. The second-order valence-corrected chi connectivity index (χ2v) is 3.38. The van der Waals surface area contributed by atoms with Gasteiger partial charge in [0.2, 0.25) is 0 Å². The Hall–Kier alpha value is -1.98. The lowest BCUT2D eigenvalue weighted by Gasteiger charge is -2.08. The van der Waals surface area contributed by atoms with E-state index in [9.17, 15) is 19.3 Å². The number of esters is 1. The summed E-state index contributed by atoms with van der Waals surface area (Å²) < 4.78 is 17.2. The van der Waals surface area contributed by atoms with Crippen molar-refractivity contribution < 1.29 is 18.8 Å². The lowest BCUT2D eigenvalue weighted by Crippen LogP contribution is -2.33. The van der Waals surface area contributed by atoms with Crippen LogP contribution in [0.1, 0.15) is 12.5 Å². The van der Waals surface area contributed by atoms with Crippen LogP contribution in [-0.4, -0.2) is 23.5 Å². The van der Waals surface area contributed by atoms with Crippen molar-refractivity contribution in [3.05, 3.63) is 45.8 Å². The van der Waals surface area contributed by atoms with E-state index >= 15 is 0 Å². The van der Waals surface area contributed by atoms with Gasteiger partial charge in [0.05, 0.1) is 13.0 Å². The molecule has 17 heavy (non-hydrogen) atoms. The van der Waals surface area contributed by atoms with Crippen LogP contribution in [0.15, 0.2) is 24.3 Å². The highest BCUT2D eigenvalue weighted by atomic mass is 19.1. The average Bonchev–Trinajstić information content (AvgIpc) is 2.28. The van der Waals surface area contributed by atoms with Crippen LogP contribution in [0, 0.1) is 15.9 Å². The molecule has 0 saturated heterocycles. The second kappa shape index (κ2) is 5.93. The van der Waals surface area contributed by atoms with Crippen LogP contribution >= 0.6 is 0 Å². The van der Waals surface area contributed by atoms with Crippen LogP contribution < -0.4 is 0 Å². The maximum absolute atomic E-state index is 12.6. The summed E-state index contributed by atoms with van der Waals surface area (Å²) in [6.45, 7) is 1.67. The van der Waals surface area contributed by atoms with Gasteiger partial charge in [-0.2, -0.15) is 0 Å². The van der Waals surface area contributed by atoms with Crippen LogP contribution in [0.2, 0.25) is 0 Å². The van der Waals surface area contributed by atoms with E-state index in [1.807, 2.05) is 0 Å². The molecule has 0 amide bonds. The van der Waals surface area contributed by atoms with Crippen molar-refractivity contribution in [2.24, 2.45) is 0 Å². The predicted octanol–water partition coefficient (Wildman–Crippen LogP) is 1.58. The van der Waals surface area contributed by atoms with Gasteiger partial charge >= 0.3 is 12.0 Å². The molecule has 6 heteroatoms. The van der Waals surface area contributed by atoms with Crippen molar-refractivity contribution in [3.63, 3.8) is 0 Å². The number of ether oxygens (including phenoxy) is 1. The summed E-state index contributed by atoms with van der Waals surface area (Å²) in [5.74, 6) is -1.30. The van der Waals surface area contributed by atoms with E-state index in [-0.39, 0.29) is 13.0 Å². The summed E-state index contributed by atoms with van der Waals surface area (Å²) >= 11 is 0. The van der Waals surface area contributed by atoms with Crippen molar-refractivity contribution in [2.45, 2.75) is 19.4 Å². The highest BCUT2D eigenvalue weighted by Gasteiger charge is 2.31. The smallest absolute Gasteiger partial charge is 0.382 e. The SMILES string of the molecule is CCOC(=O)[C@@H](Cc1ccc(F)cc1)[N+](=O)[O-]. The number of nitro groups is 1. The number of hydrogen-bond acceptors (Lipinski definition) is 4. The number of benzene rings is 1. The van der Waals surface area contributed by atoms with Crippen LogP contribution in [0.3, 0.4) is 0 Å². The van der Waals surface area contributed by atoms with Crippen molar-refractivity contribution in [3.8, 4) is 0 Å². The van der Waals surface area contributed by atoms with Crippen LogP contribution in [-0.2, 0) is 16.0 Å². The molecule has 0 spiro atoms. The predicted molar refractivity (Wildman–Crippen MR) is 57.5 cm³/mol. The third-order valence-corrected chi connectivity index (χ3v) is 2.16. The topological polar surface area (TPSA) is 69.4 Å². The van der Waals surface area contributed by atoms with Gasteiger partial charge < -0.3 is 4.74 Å². The Morgan fingerprint density at radius 3 is 2.53 bits per heavy atom. The van der Waals surface area contributed by atoms with Crippen molar-refractivity contribution in [1.82, 2.24) is 0 Å². The molecular weight excluding hydrogens is 229 g/mol. The van der Waals surface area contributed by atoms with Gasteiger partial charge in [-0.25, -0.2) is 9.18 Å². The normalized spacial score (nSPS) is 11.9. The largest absolute Gasteiger partial charge is 0.461 e. The molecule has 0 bridgehead atoms. The van der Waals surface area contributed by atoms with Crippen molar-refractivity contribution in [1.29, 1.82) is 0 Å². The van der Waals surface area contributed by atoms with Gasteiger partial charge in [-0.05, 0) is 24.6 Å². The highest BCUT2D eigenvalue weighted by Crippen LogP contribution is 2.08. The zero-order valence-corrected chi connectivity index (χ0v) is 9.26. The van der Waals surface area contributed by atoms with E-state index in [2.05, 4.69) is 4.74 Å². The van der Waals surface area contributed by atoms with Crippen molar-refractivity contribution >= 4 is 5.97 Å². The molecule has 0 N–H and O–H groups in total. The van der Waals surface area contributed by atoms with E-state index in [1.165, 1.54) is 24.3 Å². The number of nitrogens with zero attached hydrogens (tertiary/aromatic N) is 1. The fourth-order valence-electron chi connectivity index (χ4n) is 1.33. The molecule has 1 rings (SSSR count). The minimum Gasteiger partial charge on any atom is -0.461 e. The molecule has 0 aliphatic heterocycles. The van der Waals surface area contributed by atoms with Gasteiger partial charge in [-0.1, -0.05) is 12.1 Å². The zero-order chi connectivity index (χ0) is 12.8.